The first kappa shape index (κ1) is 16.2. The largest absolute Gasteiger partial charge is 0.483 e. The fourth-order valence-electron chi connectivity index (χ4n) is 1.91. The van der Waals surface area contributed by atoms with Gasteiger partial charge in [-0.1, -0.05) is 0 Å². The van der Waals surface area contributed by atoms with Crippen LogP contribution in [0.5, 0.6) is 5.75 Å². The zero-order valence-corrected chi connectivity index (χ0v) is 12.2. The number of methoxy groups -OCH3 is 1. The van der Waals surface area contributed by atoms with E-state index in [1.807, 2.05) is 13.8 Å². The molecule has 0 saturated carbocycles. The van der Waals surface area contributed by atoms with Crippen molar-refractivity contribution in [3.05, 3.63) is 28.8 Å². The minimum atomic E-state index is -0.167. The summed E-state index contributed by atoms with van der Waals surface area (Å²) in [6.07, 6.45) is 1.57. The Morgan fingerprint density at radius 2 is 1.95 bits per heavy atom. The first-order valence-corrected chi connectivity index (χ1v) is 6.53. The zero-order chi connectivity index (χ0) is 15.0. The van der Waals surface area contributed by atoms with Gasteiger partial charge >= 0.3 is 0 Å². The van der Waals surface area contributed by atoms with E-state index in [-0.39, 0.29) is 12.5 Å². The molecular formula is C15H21NO4. The molecule has 0 atom stereocenters. The molecule has 0 bridgehead atoms. The Labute approximate surface area is 119 Å². The van der Waals surface area contributed by atoms with Gasteiger partial charge in [0.15, 0.2) is 6.61 Å². The van der Waals surface area contributed by atoms with Crippen LogP contribution in [0.2, 0.25) is 0 Å². The zero-order valence-electron chi connectivity index (χ0n) is 12.2. The summed E-state index contributed by atoms with van der Waals surface area (Å²) in [5.41, 5.74) is 2.30. The summed E-state index contributed by atoms with van der Waals surface area (Å²) in [6, 6.07) is 3.48. The van der Waals surface area contributed by atoms with Crippen LogP contribution in [-0.2, 0) is 9.53 Å². The molecule has 0 saturated heterocycles. The van der Waals surface area contributed by atoms with Gasteiger partial charge in [-0.2, -0.15) is 0 Å². The second-order valence-electron chi connectivity index (χ2n) is 4.59. The van der Waals surface area contributed by atoms with Crippen LogP contribution in [-0.4, -0.2) is 39.1 Å². The van der Waals surface area contributed by atoms with Gasteiger partial charge in [0.05, 0.1) is 0 Å². The smallest absolute Gasteiger partial charge is 0.257 e. The third-order valence-electron chi connectivity index (χ3n) is 2.81. The van der Waals surface area contributed by atoms with Gasteiger partial charge in [0.25, 0.3) is 5.91 Å². The molecule has 0 aliphatic carbocycles. The van der Waals surface area contributed by atoms with Crippen molar-refractivity contribution in [1.82, 2.24) is 5.32 Å². The lowest BCUT2D eigenvalue weighted by Gasteiger charge is -2.12. The molecule has 1 aromatic carbocycles. The lowest BCUT2D eigenvalue weighted by Crippen LogP contribution is -2.30. The number of carbonyl (C=O) groups is 2. The van der Waals surface area contributed by atoms with Crippen LogP contribution in [0.1, 0.15) is 27.9 Å². The molecule has 0 spiro atoms. The summed E-state index contributed by atoms with van der Waals surface area (Å²) in [5, 5.41) is 2.75. The number of hydrogen-bond acceptors (Lipinski definition) is 4. The van der Waals surface area contributed by atoms with Gasteiger partial charge in [0, 0.05) is 25.8 Å². The average molecular weight is 279 g/mol. The molecule has 0 radical (unpaired) electrons. The quantitative estimate of drug-likeness (QED) is 0.580. The summed E-state index contributed by atoms with van der Waals surface area (Å²) in [5.74, 6) is 0.488. The van der Waals surface area contributed by atoms with Gasteiger partial charge in [-0.05, 0) is 43.5 Å². The first-order chi connectivity index (χ1) is 9.58. The Morgan fingerprint density at radius 3 is 2.50 bits per heavy atom. The molecule has 0 aromatic heterocycles. The Balaban J connectivity index is 2.49. The lowest BCUT2D eigenvalue weighted by atomic mass is 10.1. The lowest BCUT2D eigenvalue weighted by molar-refractivity contribution is -0.123. The van der Waals surface area contributed by atoms with E-state index in [9.17, 15) is 9.59 Å². The van der Waals surface area contributed by atoms with Crippen LogP contribution in [0.4, 0.5) is 0 Å². The van der Waals surface area contributed by atoms with Gasteiger partial charge in [-0.15, -0.1) is 0 Å². The van der Waals surface area contributed by atoms with E-state index in [0.717, 1.165) is 23.8 Å². The van der Waals surface area contributed by atoms with Crippen LogP contribution >= 0.6 is 0 Å². The van der Waals surface area contributed by atoms with Crippen LogP contribution < -0.4 is 10.1 Å². The molecule has 0 fully saturated rings. The molecule has 1 N–H and O–H groups in total. The van der Waals surface area contributed by atoms with Crippen molar-refractivity contribution in [1.29, 1.82) is 0 Å². The number of hydrogen-bond donors (Lipinski definition) is 1. The van der Waals surface area contributed by atoms with Gasteiger partial charge in [0.2, 0.25) is 0 Å². The second kappa shape index (κ2) is 8.32. The number of nitrogens with one attached hydrogen (secondary N) is 1. The highest BCUT2D eigenvalue weighted by Crippen LogP contribution is 2.24. The molecule has 1 amide bonds. The van der Waals surface area contributed by atoms with Crippen molar-refractivity contribution < 1.29 is 19.1 Å². The number of benzene rings is 1. The topological polar surface area (TPSA) is 64.6 Å². The van der Waals surface area contributed by atoms with E-state index in [1.54, 1.807) is 19.2 Å². The van der Waals surface area contributed by atoms with Crippen LogP contribution in [0.15, 0.2) is 12.1 Å². The molecule has 1 aromatic rings. The maximum atomic E-state index is 11.6. The maximum Gasteiger partial charge on any atom is 0.257 e. The van der Waals surface area contributed by atoms with Crippen molar-refractivity contribution >= 4 is 12.2 Å². The second-order valence-corrected chi connectivity index (χ2v) is 4.59. The van der Waals surface area contributed by atoms with Crippen LogP contribution in [0, 0.1) is 13.8 Å². The van der Waals surface area contributed by atoms with E-state index in [0.29, 0.717) is 24.5 Å². The van der Waals surface area contributed by atoms with E-state index in [1.165, 1.54) is 0 Å². The summed E-state index contributed by atoms with van der Waals surface area (Å²) in [4.78, 5) is 22.3. The van der Waals surface area contributed by atoms with Crippen molar-refractivity contribution in [2.75, 3.05) is 26.9 Å². The molecule has 5 nitrogen and oxygen atoms in total. The summed E-state index contributed by atoms with van der Waals surface area (Å²) in [7, 11) is 1.62. The van der Waals surface area contributed by atoms with E-state index in [2.05, 4.69) is 5.32 Å². The molecule has 0 unspecified atom stereocenters. The van der Waals surface area contributed by atoms with Gasteiger partial charge < -0.3 is 14.8 Å². The normalized spacial score (nSPS) is 10.2. The number of ether oxygens (including phenoxy) is 2. The van der Waals surface area contributed by atoms with E-state index in [4.69, 9.17) is 9.47 Å². The van der Waals surface area contributed by atoms with Gasteiger partial charge in [-0.3, -0.25) is 9.59 Å². The molecule has 1 rings (SSSR count). The Hall–Kier alpha value is -1.88. The predicted molar refractivity (Wildman–Crippen MR) is 76.3 cm³/mol. The fraction of sp³-hybridized carbons (Fsp3) is 0.467. The van der Waals surface area contributed by atoms with E-state index < -0.39 is 0 Å². The molecule has 5 heteroatoms. The first-order valence-electron chi connectivity index (χ1n) is 6.53. The van der Waals surface area contributed by atoms with Crippen molar-refractivity contribution in [2.24, 2.45) is 0 Å². The Bertz CT molecular complexity index is 448. The highest BCUT2D eigenvalue weighted by atomic mass is 16.5. The molecule has 0 heterocycles. The average Bonchev–Trinajstić information content (AvgIpc) is 2.42. The molecule has 0 aliphatic heterocycles. The van der Waals surface area contributed by atoms with Crippen molar-refractivity contribution in [3.63, 3.8) is 0 Å². The minimum absolute atomic E-state index is 0.0326. The molecule has 0 aliphatic rings. The Kier molecular flexibility index (Phi) is 6.73. The number of carbonyl (C=O) groups excluding carboxylic acids is 2. The predicted octanol–water partition coefficient (Wildman–Crippen LogP) is 1.65. The van der Waals surface area contributed by atoms with Gasteiger partial charge in [0.1, 0.15) is 12.0 Å². The maximum absolute atomic E-state index is 11.6. The highest BCUT2D eigenvalue weighted by Gasteiger charge is 2.08. The fourth-order valence-corrected chi connectivity index (χ4v) is 1.91. The summed E-state index contributed by atoms with van der Waals surface area (Å²) in [6.45, 7) is 4.86. The number of aldehydes is 1. The molecule has 110 valence electrons. The number of amides is 1. The summed E-state index contributed by atoms with van der Waals surface area (Å²) >= 11 is 0. The van der Waals surface area contributed by atoms with E-state index >= 15 is 0 Å². The molecule has 20 heavy (non-hydrogen) atoms. The molecular weight excluding hydrogens is 258 g/mol. The number of rotatable bonds is 8. The summed E-state index contributed by atoms with van der Waals surface area (Å²) < 4.78 is 10.4. The number of aryl methyl sites for hydroxylation is 2. The van der Waals surface area contributed by atoms with Gasteiger partial charge in [-0.25, -0.2) is 0 Å². The SMILES string of the molecule is COCCCNC(=O)COc1c(C)cc(C=O)cc1C. The highest BCUT2D eigenvalue weighted by molar-refractivity contribution is 5.78. The van der Waals surface area contributed by atoms with Crippen molar-refractivity contribution in [2.45, 2.75) is 20.3 Å². The monoisotopic (exact) mass is 279 g/mol. The third kappa shape index (κ3) is 5.01. The minimum Gasteiger partial charge on any atom is -0.483 e. The Morgan fingerprint density at radius 1 is 1.30 bits per heavy atom. The third-order valence-corrected chi connectivity index (χ3v) is 2.81. The van der Waals surface area contributed by atoms with Crippen LogP contribution in [0.25, 0.3) is 0 Å². The standard InChI is InChI=1S/C15H21NO4/c1-11-7-13(9-17)8-12(2)15(11)20-10-14(18)16-5-4-6-19-3/h7-9H,4-6,10H2,1-3H3,(H,16,18). The van der Waals surface area contributed by atoms with Crippen molar-refractivity contribution in [3.8, 4) is 5.75 Å². The van der Waals surface area contributed by atoms with Crippen LogP contribution in [0.3, 0.4) is 0 Å².